The minimum Gasteiger partial charge on any atom is -0.497 e. The minimum absolute atomic E-state index is 0.346. The zero-order chi connectivity index (χ0) is 12.5. The van der Waals surface area contributed by atoms with Gasteiger partial charge in [-0.2, -0.15) is 0 Å². The molecule has 2 unspecified atom stereocenters. The van der Waals surface area contributed by atoms with Crippen molar-refractivity contribution in [3.63, 3.8) is 0 Å². The number of methoxy groups -OCH3 is 1. The van der Waals surface area contributed by atoms with E-state index < -0.39 is 11.0 Å². The van der Waals surface area contributed by atoms with Crippen molar-refractivity contribution < 1.29 is 13.9 Å². The van der Waals surface area contributed by atoms with E-state index in [0.29, 0.717) is 17.9 Å². The first-order valence-electron chi connectivity index (χ1n) is 5.68. The molecule has 0 aromatic heterocycles. The van der Waals surface area contributed by atoms with Crippen LogP contribution in [0.2, 0.25) is 0 Å². The third kappa shape index (κ3) is 2.40. The molecule has 2 nitrogen and oxygen atoms in total. The highest BCUT2D eigenvalue weighted by atomic mass is 35.5. The van der Waals surface area contributed by atoms with Crippen molar-refractivity contribution in [2.24, 2.45) is 0 Å². The van der Waals surface area contributed by atoms with Crippen molar-refractivity contribution in [3.05, 3.63) is 29.6 Å². The zero-order valence-electron chi connectivity index (χ0n) is 10.0. The van der Waals surface area contributed by atoms with Gasteiger partial charge in [-0.25, -0.2) is 4.39 Å². The van der Waals surface area contributed by atoms with Crippen LogP contribution in [0.5, 0.6) is 5.75 Å². The molecule has 1 fully saturated rings. The van der Waals surface area contributed by atoms with E-state index in [4.69, 9.17) is 21.1 Å². The molecule has 1 aromatic rings. The van der Waals surface area contributed by atoms with Crippen molar-refractivity contribution in [1.82, 2.24) is 0 Å². The SMILES string of the molecule is COc1ccc(C(Cl)C2(C)CCCO2)c(F)c1. The second kappa shape index (κ2) is 4.83. The van der Waals surface area contributed by atoms with Crippen LogP contribution in [0.3, 0.4) is 0 Å². The lowest BCUT2D eigenvalue weighted by Crippen LogP contribution is -2.29. The van der Waals surface area contributed by atoms with E-state index in [1.807, 2.05) is 6.92 Å². The van der Waals surface area contributed by atoms with Crippen LogP contribution in [0.25, 0.3) is 0 Å². The first-order chi connectivity index (χ1) is 8.07. The van der Waals surface area contributed by atoms with Crippen LogP contribution in [-0.4, -0.2) is 19.3 Å². The maximum Gasteiger partial charge on any atom is 0.131 e. The summed E-state index contributed by atoms with van der Waals surface area (Å²) in [5.41, 5.74) is -0.00589. The Hall–Kier alpha value is -0.800. The summed E-state index contributed by atoms with van der Waals surface area (Å²) in [5, 5.41) is -0.476. The Morgan fingerprint density at radius 1 is 1.53 bits per heavy atom. The molecule has 17 heavy (non-hydrogen) atoms. The monoisotopic (exact) mass is 258 g/mol. The summed E-state index contributed by atoms with van der Waals surface area (Å²) in [6.45, 7) is 2.62. The van der Waals surface area contributed by atoms with Gasteiger partial charge in [0.1, 0.15) is 11.6 Å². The van der Waals surface area contributed by atoms with E-state index in [9.17, 15) is 4.39 Å². The quantitative estimate of drug-likeness (QED) is 0.770. The van der Waals surface area contributed by atoms with Crippen molar-refractivity contribution in [2.75, 3.05) is 13.7 Å². The largest absolute Gasteiger partial charge is 0.497 e. The third-order valence-corrected chi connectivity index (χ3v) is 3.96. The molecule has 0 bridgehead atoms. The van der Waals surface area contributed by atoms with E-state index >= 15 is 0 Å². The molecule has 1 aliphatic rings. The Kier molecular flexibility index (Phi) is 3.59. The van der Waals surface area contributed by atoms with Gasteiger partial charge in [-0.05, 0) is 25.8 Å². The molecule has 1 aliphatic heterocycles. The topological polar surface area (TPSA) is 18.5 Å². The average molecular weight is 259 g/mol. The smallest absolute Gasteiger partial charge is 0.131 e. The average Bonchev–Trinajstić information content (AvgIpc) is 2.76. The van der Waals surface area contributed by atoms with Crippen LogP contribution in [0.15, 0.2) is 18.2 Å². The lowest BCUT2D eigenvalue weighted by Gasteiger charge is -2.29. The molecular weight excluding hydrogens is 243 g/mol. The summed E-state index contributed by atoms with van der Waals surface area (Å²) < 4.78 is 24.5. The number of hydrogen-bond donors (Lipinski definition) is 0. The first kappa shape index (κ1) is 12.7. The van der Waals surface area contributed by atoms with E-state index in [1.54, 1.807) is 12.1 Å². The van der Waals surface area contributed by atoms with Crippen molar-refractivity contribution >= 4 is 11.6 Å². The summed E-state index contributed by atoms with van der Waals surface area (Å²) in [5.74, 6) is 0.147. The summed E-state index contributed by atoms with van der Waals surface area (Å²) >= 11 is 6.35. The van der Waals surface area contributed by atoms with E-state index in [0.717, 1.165) is 12.8 Å². The lowest BCUT2D eigenvalue weighted by molar-refractivity contribution is 0.0157. The molecule has 2 rings (SSSR count). The molecule has 1 aromatic carbocycles. The number of benzene rings is 1. The Morgan fingerprint density at radius 2 is 2.29 bits per heavy atom. The highest BCUT2D eigenvalue weighted by molar-refractivity contribution is 6.21. The van der Waals surface area contributed by atoms with Crippen LogP contribution in [0.1, 0.15) is 30.7 Å². The Balaban J connectivity index is 2.27. The Labute approximate surface area is 106 Å². The molecule has 0 N–H and O–H groups in total. The first-order valence-corrected chi connectivity index (χ1v) is 6.12. The summed E-state index contributed by atoms with van der Waals surface area (Å²) in [7, 11) is 1.51. The van der Waals surface area contributed by atoms with Gasteiger partial charge in [0.25, 0.3) is 0 Å². The second-order valence-corrected chi connectivity index (χ2v) is 4.95. The predicted octanol–water partition coefficient (Wildman–Crippen LogP) is 3.68. The minimum atomic E-state index is -0.476. The maximum absolute atomic E-state index is 13.9. The van der Waals surface area contributed by atoms with Crippen LogP contribution >= 0.6 is 11.6 Å². The number of alkyl halides is 1. The van der Waals surface area contributed by atoms with Crippen LogP contribution in [0.4, 0.5) is 4.39 Å². The van der Waals surface area contributed by atoms with Crippen LogP contribution < -0.4 is 4.74 Å². The van der Waals surface area contributed by atoms with Gasteiger partial charge >= 0.3 is 0 Å². The Bertz CT molecular complexity index is 402. The molecule has 0 radical (unpaired) electrons. The number of halogens is 2. The van der Waals surface area contributed by atoms with Gasteiger partial charge < -0.3 is 9.47 Å². The highest BCUT2D eigenvalue weighted by Gasteiger charge is 2.39. The van der Waals surface area contributed by atoms with Crippen molar-refractivity contribution in [1.29, 1.82) is 0 Å². The number of rotatable bonds is 3. The van der Waals surface area contributed by atoms with E-state index in [1.165, 1.54) is 13.2 Å². The molecule has 0 aliphatic carbocycles. The molecule has 1 heterocycles. The second-order valence-electron chi connectivity index (χ2n) is 4.51. The fraction of sp³-hybridized carbons (Fsp3) is 0.538. The number of ether oxygens (including phenoxy) is 2. The molecule has 2 atom stereocenters. The van der Waals surface area contributed by atoms with Crippen molar-refractivity contribution in [2.45, 2.75) is 30.7 Å². The van der Waals surface area contributed by atoms with Gasteiger partial charge in [-0.3, -0.25) is 0 Å². The predicted molar refractivity (Wildman–Crippen MR) is 65.1 cm³/mol. The van der Waals surface area contributed by atoms with Gasteiger partial charge in [0.15, 0.2) is 0 Å². The van der Waals surface area contributed by atoms with E-state index in [-0.39, 0.29) is 5.82 Å². The molecular formula is C13H16ClFO2. The zero-order valence-corrected chi connectivity index (χ0v) is 10.8. The lowest BCUT2D eigenvalue weighted by atomic mass is 9.92. The summed E-state index contributed by atoms with van der Waals surface area (Å²) in [6.07, 6.45) is 1.82. The fourth-order valence-electron chi connectivity index (χ4n) is 2.17. The third-order valence-electron chi connectivity index (χ3n) is 3.27. The van der Waals surface area contributed by atoms with Gasteiger partial charge in [-0.15, -0.1) is 11.6 Å². The fourth-order valence-corrected chi connectivity index (χ4v) is 2.52. The van der Waals surface area contributed by atoms with Gasteiger partial charge in [0, 0.05) is 18.2 Å². The molecule has 1 saturated heterocycles. The molecule has 4 heteroatoms. The summed E-state index contributed by atoms with van der Waals surface area (Å²) in [4.78, 5) is 0. The van der Waals surface area contributed by atoms with Gasteiger partial charge in [-0.1, -0.05) is 6.07 Å². The standard InChI is InChI=1S/C13H16ClFO2/c1-13(6-3-7-17-13)12(14)10-5-4-9(16-2)8-11(10)15/h4-5,8,12H,3,6-7H2,1-2H3. The van der Waals surface area contributed by atoms with E-state index in [2.05, 4.69) is 0 Å². The van der Waals surface area contributed by atoms with Gasteiger partial charge in [0.05, 0.1) is 18.1 Å². The van der Waals surface area contributed by atoms with Gasteiger partial charge in [0.2, 0.25) is 0 Å². The van der Waals surface area contributed by atoms with Crippen molar-refractivity contribution in [3.8, 4) is 5.75 Å². The van der Waals surface area contributed by atoms with Crippen LogP contribution in [0, 0.1) is 5.82 Å². The molecule has 94 valence electrons. The highest BCUT2D eigenvalue weighted by Crippen LogP contribution is 2.42. The molecule has 0 saturated carbocycles. The normalized spacial score (nSPS) is 25.9. The molecule has 0 spiro atoms. The number of hydrogen-bond acceptors (Lipinski definition) is 2. The summed E-state index contributed by atoms with van der Waals surface area (Å²) in [6, 6.07) is 4.73. The van der Waals surface area contributed by atoms with Crippen LogP contribution in [-0.2, 0) is 4.74 Å². The molecule has 0 amide bonds. The Morgan fingerprint density at radius 3 is 2.82 bits per heavy atom. The maximum atomic E-state index is 13.9.